The van der Waals surface area contributed by atoms with Gasteiger partial charge in [-0.05, 0) is 37.6 Å². The Morgan fingerprint density at radius 1 is 1.38 bits per heavy atom. The Balaban J connectivity index is 1.70. The fourth-order valence-corrected chi connectivity index (χ4v) is 3.71. The number of rotatable bonds is 8. The molecule has 0 aliphatic carbocycles. The maximum Gasteiger partial charge on any atom is 0.311 e. The van der Waals surface area contributed by atoms with Crippen LogP contribution in [0.5, 0.6) is 5.75 Å². The summed E-state index contributed by atoms with van der Waals surface area (Å²) < 4.78 is 19.4. The highest BCUT2D eigenvalue weighted by Gasteiger charge is 2.18. The van der Waals surface area contributed by atoms with Gasteiger partial charge in [-0.3, -0.25) is 10.1 Å². The van der Waals surface area contributed by atoms with Gasteiger partial charge in [0.15, 0.2) is 5.75 Å². The minimum Gasteiger partial charge on any atom is -0.482 e. The Hall–Kier alpha value is -2.55. The van der Waals surface area contributed by atoms with E-state index in [1.165, 1.54) is 30.3 Å². The first-order chi connectivity index (χ1) is 13.8. The van der Waals surface area contributed by atoms with Crippen molar-refractivity contribution in [1.82, 2.24) is 10.3 Å². The van der Waals surface area contributed by atoms with Gasteiger partial charge in [0.2, 0.25) is 0 Å². The number of nitro groups is 1. The van der Waals surface area contributed by atoms with Crippen LogP contribution in [-0.2, 0) is 13.2 Å². The van der Waals surface area contributed by atoms with Crippen molar-refractivity contribution in [3.63, 3.8) is 0 Å². The first-order valence-electron chi connectivity index (χ1n) is 8.84. The molecule has 0 aliphatic rings. The highest BCUT2D eigenvalue weighted by Crippen LogP contribution is 2.30. The Morgan fingerprint density at radius 3 is 2.83 bits per heavy atom. The van der Waals surface area contributed by atoms with Gasteiger partial charge < -0.3 is 10.1 Å². The third-order valence-electron chi connectivity index (χ3n) is 4.28. The standard InChI is InChI=1S/C20H19ClFN3O3S/c1-12-9-24-20(29-12)13(2)23-10-14-6-7-19(18(8-14)25(26)27)28-11-15-16(21)4-3-5-17(15)22/h3-9,13,23H,10-11H2,1-2H3. The first kappa shape index (κ1) is 21.2. The Labute approximate surface area is 176 Å². The van der Waals surface area contributed by atoms with Gasteiger partial charge in [0.05, 0.1) is 16.0 Å². The molecule has 6 nitrogen and oxygen atoms in total. The molecule has 1 unspecified atom stereocenters. The zero-order valence-corrected chi connectivity index (χ0v) is 17.4. The van der Waals surface area contributed by atoms with Crippen molar-refractivity contribution in [2.24, 2.45) is 0 Å². The number of benzene rings is 2. The summed E-state index contributed by atoms with van der Waals surface area (Å²) >= 11 is 7.58. The summed E-state index contributed by atoms with van der Waals surface area (Å²) in [7, 11) is 0. The van der Waals surface area contributed by atoms with Crippen LogP contribution in [0.4, 0.5) is 10.1 Å². The predicted molar refractivity (Wildman–Crippen MR) is 111 cm³/mol. The number of aryl methyl sites for hydroxylation is 1. The molecule has 1 N–H and O–H groups in total. The second kappa shape index (κ2) is 9.30. The summed E-state index contributed by atoms with van der Waals surface area (Å²) in [6, 6.07) is 9.01. The van der Waals surface area contributed by atoms with Crippen molar-refractivity contribution in [2.75, 3.05) is 0 Å². The lowest BCUT2D eigenvalue weighted by Crippen LogP contribution is -2.18. The van der Waals surface area contributed by atoms with Crippen LogP contribution in [-0.4, -0.2) is 9.91 Å². The Morgan fingerprint density at radius 2 is 2.17 bits per heavy atom. The molecule has 0 fully saturated rings. The Bertz CT molecular complexity index is 1010. The molecule has 1 heterocycles. The van der Waals surface area contributed by atoms with Crippen LogP contribution in [0.1, 0.15) is 34.0 Å². The van der Waals surface area contributed by atoms with E-state index in [1.807, 2.05) is 20.0 Å². The molecule has 29 heavy (non-hydrogen) atoms. The van der Waals surface area contributed by atoms with E-state index < -0.39 is 10.7 Å². The number of hydrogen-bond donors (Lipinski definition) is 1. The first-order valence-corrected chi connectivity index (χ1v) is 10.0. The van der Waals surface area contributed by atoms with E-state index in [0.29, 0.717) is 6.54 Å². The van der Waals surface area contributed by atoms with E-state index in [-0.39, 0.29) is 34.7 Å². The number of aromatic nitrogens is 1. The average molecular weight is 436 g/mol. The summed E-state index contributed by atoms with van der Waals surface area (Å²) in [5.74, 6) is -0.464. The molecule has 0 bridgehead atoms. The summed E-state index contributed by atoms with van der Waals surface area (Å²) in [6.07, 6.45) is 1.82. The third-order valence-corrected chi connectivity index (χ3v) is 5.73. The van der Waals surface area contributed by atoms with E-state index in [2.05, 4.69) is 10.3 Å². The number of nitrogens with zero attached hydrogens (tertiary/aromatic N) is 2. The highest BCUT2D eigenvalue weighted by atomic mass is 35.5. The van der Waals surface area contributed by atoms with Crippen molar-refractivity contribution in [3.05, 3.63) is 84.6 Å². The third kappa shape index (κ3) is 5.29. The van der Waals surface area contributed by atoms with E-state index in [0.717, 1.165) is 15.4 Å². The van der Waals surface area contributed by atoms with Crippen LogP contribution in [0.15, 0.2) is 42.6 Å². The molecule has 1 aromatic heterocycles. The molecular weight excluding hydrogens is 417 g/mol. The zero-order valence-electron chi connectivity index (χ0n) is 15.8. The number of nitro benzene ring substituents is 1. The van der Waals surface area contributed by atoms with Gasteiger partial charge in [-0.2, -0.15) is 0 Å². The fourth-order valence-electron chi connectivity index (χ4n) is 2.69. The summed E-state index contributed by atoms with van der Waals surface area (Å²) in [6.45, 7) is 4.21. The highest BCUT2D eigenvalue weighted by molar-refractivity contribution is 7.11. The summed E-state index contributed by atoms with van der Waals surface area (Å²) in [5, 5.41) is 15.9. The molecule has 2 aromatic carbocycles. The van der Waals surface area contributed by atoms with Crippen molar-refractivity contribution in [1.29, 1.82) is 0 Å². The van der Waals surface area contributed by atoms with Crippen LogP contribution in [0.3, 0.4) is 0 Å². The smallest absolute Gasteiger partial charge is 0.311 e. The molecule has 152 valence electrons. The van der Waals surface area contributed by atoms with Crippen molar-refractivity contribution in [3.8, 4) is 5.75 Å². The zero-order chi connectivity index (χ0) is 21.0. The normalized spacial score (nSPS) is 12.0. The molecule has 3 rings (SSSR count). The van der Waals surface area contributed by atoms with Gasteiger partial charge in [-0.25, -0.2) is 9.37 Å². The molecule has 0 spiro atoms. The number of nitrogens with one attached hydrogen (secondary N) is 1. The molecule has 0 aliphatic heterocycles. The fraction of sp³-hybridized carbons (Fsp3) is 0.250. The molecule has 1 atom stereocenters. The minimum atomic E-state index is -0.521. The number of thiazole rings is 1. The van der Waals surface area contributed by atoms with E-state index >= 15 is 0 Å². The second-order valence-electron chi connectivity index (χ2n) is 6.46. The summed E-state index contributed by atoms with van der Waals surface area (Å²) in [4.78, 5) is 16.4. The van der Waals surface area contributed by atoms with Crippen molar-refractivity contribution < 1.29 is 14.1 Å². The van der Waals surface area contributed by atoms with Crippen LogP contribution in [0.25, 0.3) is 0 Å². The van der Waals surface area contributed by atoms with Gasteiger partial charge in [0.1, 0.15) is 17.4 Å². The molecule has 0 radical (unpaired) electrons. The number of hydrogen-bond acceptors (Lipinski definition) is 6. The molecule has 0 saturated heterocycles. The number of halogens is 2. The lowest BCUT2D eigenvalue weighted by Gasteiger charge is -2.13. The SMILES string of the molecule is Cc1cnc(C(C)NCc2ccc(OCc3c(F)cccc3Cl)c([N+](=O)[O-])c2)s1. The van der Waals surface area contributed by atoms with Crippen LogP contribution in [0, 0.1) is 22.9 Å². The lowest BCUT2D eigenvalue weighted by molar-refractivity contribution is -0.386. The van der Waals surface area contributed by atoms with Crippen LogP contribution in [0.2, 0.25) is 5.02 Å². The van der Waals surface area contributed by atoms with Crippen molar-refractivity contribution >= 4 is 28.6 Å². The van der Waals surface area contributed by atoms with Crippen molar-refractivity contribution in [2.45, 2.75) is 33.0 Å². The van der Waals surface area contributed by atoms with E-state index in [1.54, 1.807) is 17.4 Å². The topological polar surface area (TPSA) is 77.3 Å². The maximum absolute atomic E-state index is 13.9. The quantitative estimate of drug-likeness (QED) is 0.369. The maximum atomic E-state index is 13.9. The average Bonchev–Trinajstić information content (AvgIpc) is 3.12. The van der Waals surface area contributed by atoms with Gasteiger partial charge in [-0.15, -0.1) is 11.3 Å². The van der Waals surface area contributed by atoms with Gasteiger partial charge >= 0.3 is 5.69 Å². The number of ether oxygens (including phenoxy) is 1. The van der Waals surface area contributed by atoms with Crippen LogP contribution >= 0.6 is 22.9 Å². The molecule has 0 amide bonds. The van der Waals surface area contributed by atoms with E-state index in [4.69, 9.17) is 16.3 Å². The molecule has 0 saturated carbocycles. The minimum absolute atomic E-state index is 0.0203. The monoisotopic (exact) mass is 435 g/mol. The molecular formula is C20H19ClFN3O3S. The predicted octanol–water partition coefficient (Wildman–Crippen LogP) is 5.58. The second-order valence-corrected chi connectivity index (χ2v) is 8.13. The largest absolute Gasteiger partial charge is 0.482 e. The van der Waals surface area contributed by atoms with Gasteiger partial charge in [0, 0.05) is 29.2 Å². The van der Waals surface area contributed by atoms with Gasteiger partial charge in [-0.1, -0.05) is 23.7 Å². The lowest BCUT2D eigenvalue weighted by atomic mass is 10.1. The van der Waals surface area contributed by atoms with Gasteiger partial charge in [0.25, 0.3) is 0 Å². The summed E-state index contributed by atoms with van der Waals surface area (Å²) in [5.41, 5.74) is 0.699. The Kier molecular flexibility index (Phi) is 6.79. The molecule has 9 heteroatoms. The molecule has 3 aromatic rings. The van der Waals surface area contributed by atoms with E-state index in [9.17, 15) is 14.5 Å². The van der Waals surface area contributed by atoms with Crippen LogP contribution < -0.4 is 10.1 Å².